The summed E-state index contributed by atoms with van der Waals surface area (Å²) in [4.78, 5) is 13.5. The summed E-state index contributed by atoms with van der Waals surface area (Å²) >= 11 is 0. The van der Waals surface area contributed by atoms with E-state index in [-0.39, 0.29) is 50.7 Å². The lowest BCUT2D eigenvalue weighted by atomic mass is 9.98. The second-order valence-electron chi connectivity index (χ2n) is 7.93. The Morgan fingerprint density at radius 2 is 1.93 bits per heavy atom. The van der Waals surface area contributed by atoms with Crippen LogP contribution in [-0.4, -0.2) is 23.4 Å². The van der Waals surface area contributed by atoms with Gasteiger partial charge in [-0.3, -0.25) is 4.79 Å². The topological polar surface area (TPSA) is 89.1 Å². The average molecular weight is 408 g/mol. The third kappa shape index (κ3) is 3.00. The van der Waals surface area contributed by atoms with E-state index in [0.29, 0.717) is 29.7 Å². The van der Waals surface area contributed by atoms with Crippen molar-refractivity contribution in [3.63, 3.8) is 0 Å². The molecule has 2 N–H and O–H groups in total. The van der Waals surface area contributed by atoms with Crippen LogP contribution >= 0.6 is 0 Å². The first-order valence-corrected chi connectivity index (χ1v) is 9.72. The van der Waals surface area contributed by atoms with Crippen molar-refractivity contribution in [2.24, 2.45) is 0 Å². The highest BCUT2D eigenvalue weighted by Crippen LogP contribution is 2.43. The Morgan fingerprint density at radius 1 is 1.23 bits per heavy atom. The van der Waals surface area contributed by atoms with Gasteiger partial charge in [-0.2, -0.15) is 0 Å². The third-order valence-electron chi connectivity index (χ3n) is 5.45. The van der Waals surface area contributed by atoms with E-state index in [0.717, 1.165) is 11.1 Å². The van der Waals surface area contributed by atoms with Crippen LogP contribution in [0.2, 0.25) is 0 Å². The Morgan fingerprint density at radius 3 is 2.57 bits per heavy atom. The lowest BCUT2D eigenvalue weighted by molar-refractivity contribution is 0.271. The fraction of sp³-hybridized carbons (Fsp3) is 0.292. The number of methoxy groups -OCH3 is 1. The minimum atomic E-state index is -0.374. The van der Waals surface area contributed by atoms with Crippen molar-refractivity contribution in [2.45, 2.75) is 39.7 Å². The van der Waals surface area contributed by atoms with Gasteiger partial charge in [-0.05, 0) is 32.8 Å². The Bertz CT molecular complexity index is 1290. The number of benzene rings is 2. The standard InChI is InChI=1S/C24H24O6/c1-11(2)6-7-13-20-18(9-15(25)24(13)28-5)30-19-10-17-14(8-16(29-17)12(3)4)22(26)21(19)23(20)27/h6,9-10,16,25-26H,3,7-8H2,1-2,4-5H3/t16-/m0/s1. The molecule has 0 unspecified atom stereocenters. The fourth-order valence-electron chi connectivity index (χ4n) is 3.90. The monoisotopic (exact) mass is 408 g/mol. The SMILES string of the molecule is C=C(C)[C@@H]1Cc2c(cc3oc4cc(O)c(OC)c(CC=C(C)C)c4c(=O)c3c2O)O1. The number of fused-ring (bicyclic) bond motifs is 3. The summed E-state index contributed by atoms with van der Waals surface area (Å²) in [5, 5.41) is 21.7. The maximum absolute atomic E-state index is 13.5. The summed E-state index contributed by atoms with van der Waals surface area (Å²) in [7, 11) is 1.44. The van der Waals surface area contributed by atoms with Gasteiger partial charge in [0, 0.05) is 29.7 Å². The number of phenols is 2. The zero-order valence-corrected chi connectivity index (χ0v) is 17.5. The van der Waals surface area contributed by atoms with Crippen LogP contribution < -0.4 is 14.9 Å². The van der Waals surface area contributed by atoms with Gasteiger partial charge >= 0.3 is 0 Å². The molecular weight excluding hydrogens is 384 g/mol. The van der Waals surface area contributed by atoms with Crippen LogP contribution in [0.1, 0.15) is 31.9 Å². The first-order chi connectivity index (χ1) is 14.2. The second kappa shape index (κ2) is 7.13. The van der Waals surface area contributed by atoms with Crippen LogP contribution in [0.15, 0.2) is 45.1 Å². The van der Waals surface area contributed by atoms with Gasteiger partial charge < -0.3 is 24.1 Å². The maximum atomic E-state index is 13.5. The molecule has 0 aliphatic carbocycles. The van der Waals surface area contributed by atoms with Crippen molar-refractivity contribution in [1.29, 1.82) is 0 Å². The van der Waals surface area contributed by atoms with E-state index in [4.69, 9.17) is 13.9 Å². The highest BCUT2D eigenvalue weighted by atomic mass is 16.5. The quantitative estimate of drug-likeness (QED) is 0.478. The van der Waals surface area contributed by atoms with Crippen molar-refractivity contribution in [2.75, 3.05) is 7.11 Å². The van der Waals surface area contributed by atoms with Crippen molar-refractivity contribution >= 4 is 21.9 Å². The van der Waals surface area contributed by atoms with Crippen molar-refractivity contribution in [1.82, 2.24) is 0 Å². The smallest absolute Gasteiger partial charge is 0.204 e. The van der Waals surface area contributed by atoms with Crippen LogP contribution in [0, 0.1) is 0 Å². The van der Waals surface area contributed by atoms with Gasteiger partial charge in [0.1, 0.15) is 34.2 Å². The van der Waals surface area contributed by atoms with Gasteiger partial charge in [0.25, 0.3) is 0 Å². The van der Waals surface area contributed by atoms with Gasteiger partial charge in [0.15, 0.2) is 11.5 Å². The third-order valence-corrected chi connectivity index (χ3v) is 5.45. The number of aromatic hydroxyl groups is 2. The number of hydrogen-bond acceptors (Lipinski definition) is 6. The molecule has 0 saturated heterocycles. The van der Waals surface area contributed by atoms with Gasteiger partial charge in [-0.1, -0.05) is 18.2 Å². The van der Waals surface area contributed by atoms with Crippen LogP contribution in [0.4, 0.5) is 0 Å². The second-order valence-corrected chi connectivity index (χ2v) is 7.93. The number of ether oxygens (including phenoxy) is 2. The Labute approximate surface area is 173 Å². The predicted octanol–water partition coefficient (Wildman–Crippen LogP) is 4.75. The Balaban J connectivity index is 2.08. The first-order valence-electron chi connectivity index (χ1n) is 9.72. The van der Waals surface area contributed by atoms with Crippen molar-refractivity contribution in [3.05, 3.63) is 57.3 Å². The van der Waals surface area contributed by atoms with E-state index in [1.165, 1.54) is 13.2 Å². The van der Waals surface area contributed by atoms with Crippen molar-refractivity contribution in [3.8, 4) is 23.0 Å². The van der Waals surface area contributed by atoms with Crippen LogP contribution in [0.3, 0.4) is 0 Å². The van der Waals surface area contributed by atoms with E-state index in [1.807, 2.05) is 26.8 Å². The minimum Gasteiger partial charge on any atom is -0.507 e. The van der Waals surface area contributed by atoms with Gasteiger partial charge in [-0.25, -0.2) is 0 Å². The van der Waals surface area contributed by atoms with Crippen molar-refractivity contribution < 1.29 is 24.1 Å². The number of hydrogen-bond donors (Lipinski definition) is 2. The number of rotatable bonds is 4. The molecule has 4 rings (SSSR count). The summed E-state index contributed by atoms with van der Waals surface area (Å²) in [6.07, 6.45) is 2.49. The minimum absolute atomic E-state index is 0.0957. The van der Waals surface area contributed by atoms with Crippen LogP contribution in [-0.2, 0) is 12.8 Å². The molecule has 2 heterocycles. The molecule has 1 atom stereocenters. The largest absolute Gasteiger partial charge is 0.507 e. The van der Waals surface area contributed by atoms with Gasteiger partial charge in [0.2, 0.25) is 5.43 Å². The fourth-order valence-corrected chi connectivity index (χ4v) is 3.90. The highest BCUT2D eigenvalue weighted by molar-refractivity contribution is 5.98. The Kier molecular flexibility index (Phi) is 4.73. The number of phenolic OH excluding ortho intramolecular Hbond substituents is 2. The predicted molar refractivity (Wildman–Crippen MR) is 116 cm³/mol. The lowest BCUT2D eigenvalue weighted by Crippen LogP contribution is -2.13. The molecule has 30 heavy (non-hydrogen) atoms. The zero-order chi connectivity index (χ0) is 21.7. The molecular formula is C24H24O6. The molecule has 6 heteroatoms. The molecule has 2 aromatic carbocycles. The number of allylic oxidation sites excluding steroid dienone is 2. The molecule has 1 aliphatic rings. The average Bonchev–Trinajstić information content (AvgIpc) is 3.10. The summed E-state index contributed by atoms with van der Waals surface area (Å²) in [5.74, 6) is 0.437. The summed E-state index contributed by atoms with van der Waals surface area (Å²) < 4.78 is 17.2. The van der Waals surface area contributed by atoms with Crippen LogP contribution in [0.5, 0.6) is 23.0 Å². The molecule has 6 nitrogen and oxygen atoms in total. The van der Waals surface area contributed by atoms with Gasteiger partial charge in [0.05, 0.1) is 12.5 Å². The summed E-state index contributed by atoms with van der Waals surface area (Å²) in [6.45, 7) is 9.67. The molecule has 3 aromatic rings. The van der Waals surface area contributed by atoms with E-state index in [9.17, 15) is 15.0 Å². The molecule has 0 bridgehead atoms. The zero-order valence-electron chi connectivity index (χ0n) is 17.5. The molecule has 0 amide bonds. The van der Waals surface area contributed by atoms with E-state index in [2.05, 4.69) is 6.58 Å². The van der Waals surface area contributed by atoms with E-state index >= 15 is 0 Å². The summed E-state index contributed by atoms with van der Waals surface area (Å²) in [6, 6.07) is 2.98. The lowest BCUT2D eigenvalue weighted by Gasteiger charge is -2.14. The summed E-state index contributed by atoms with van der Waals surface area (Å²) in [5.41, 5.74) is 3.01. The molecule has 156 valence electrons. The van der Waals surface area contributed by atoms with E-state index in [1.54, 1.807) is 6.07 Å². The maximum Gasteiger partial charge on any atom is 0.204 e. The molecule has 1 aromatic heterocycles. The normalized spacial score (nSPS) is 15.1. The first kappa shape index (κ1) is 19.9. The molecule has 0 spiro atoms. The van der Waals surface area contributed by atoms with E-state index < -0.39 is 0 Å². The van der Waals surface area contributed by atoms with Crippen LogP contribution in [0.25, 0.3) is 21.9 Å². The molecule has 1 aliphatic heterocycles. The highest BCUT2D eigenvalue weighted by Gasteiger charge is 2.30. The molecule has 0 saturated carbocycles. The molecule has 0 radical (unpaired) electrons. The van der Waals surface area contributed by atoms with Gasteiger partial charge in [-0.15, -0.1) is 0 Å². The molecule has 0 fully saturated rings. The Hall–Kier alpha value is -3.41.